The van der Waals surface area contributed by atoms with Crippen molar-refractivity contribution in [2.45, 2.75) is 19.8 Å². The molecule has 0 saturated carbocycles. The molecule has 4 nitrogen and oxygen atoms in total. The van der Waals surface area contributed by atoms with Crippen LogP contribution < -0.4 is 10.2 Å². The summed E-state index contributed by atoms with van der Waals surface area (Å²) in [5.41, 5.74) is 1.95. The Bertz CT molecular complexity index is 373. The molecule has 1 rings (SSSR count). The molecule has 0 aliphatic rings. The van der Waals surface area contributed by atoms with Crippen molar-refractivity contribution in [1.29, 1.82) is 0 Å². The van der Waals surface area contributed by atoms with E-state index in [-0.39, 0.29) is 6.03 Å². The summed E-state index contributed by atoms with van der Waals surface area (Å²) in [6, 6.07) is 7.76. The molecule has 0 aliphatic heterocycles. The lowest BCUT2D eigenvalue weighted by Crippen LogP contribution is -2.32. The number of benzene rings is 1. The highest BCUT2D eigenvalue weighted by atomic mass is 16.2. The van der Waals surface area contributed by atoms with Gasteiger partial charge in [-0.1, -0.05) is 13.3 Å². The summed E-state index contributed by atoms with van der Waals surface area (Å²) in [6.07, 6.45) is 2.12. The fraction of sp³-hybridized carbons (Fsp3) is 0.500. The number of unbranched alkanes of at least 4 members (excludes halogenated alkanes) is 1. The molecule has 0 fully saturated rings. The lowest BCUT2D eigenvalue weighted by Gasteiger charge is -2.18. The molecule has 0 saturated heterocycles. The molecular formula is C14H23N3O. The minimum atomic E-state index is -0.0546. The normalized spacial score (nSPS) is 10.0. The number of amides is 2. The van der Waals surface area contributed by atoms with Gasteiger partial charge in [0.05, 0.1) is 0 Å². The Morgan fingerprint density at radius 2 is 1.78 bits per heavy atom. The van der Waals surface area contributed by atoms with Gasteiger partial charge in [0, 0.05) is 39.1 Å². The smallest absolute Gasteiger partial charge is 0.321 e. The third-order valence-electron chi connectivity index (χ3n) is 2.83. The van der Waals surface area contributed by atoms with E-state index in [4.69, 9.17) is 0 Å². The van der Waals surface area contributed by atoms with Gasteiger partial charge in [0.25, 0.3) is 0 Å². The fourth-order valence-electron chi connectivity index (χ4n) is 1.56. The van der Waals surface area contributed by atoms with E-state index in [1.807, 2.05) is 50.3 Å². The molecule has 2 amide bonds. The zero-order chi connectivity index (χ0) is 13.5. The molecular weight excluding hydrogens is 226 g/mol. The minimum absolute atomic E-state index is 0.0546. The second kappa shape index (κ2) is 6.89. The number of hydrogen-bond acceptors (Lipinski definition) is 2. The van der Waals surface area contributed by atoms with Crippen LogP contribution >= 0.6 is 0 Å². The number of nitrogens with one attached hydrogen (secondary N) is 1. The molecule has 4 heteroatoms. The highest BCUT2D eigenvalue weighted by molar-refractivity contribution is 5.89. The molecule has 0 radical (unpaired) electrons. The van der Waals surface area contributed by atoms with Crippen LogP contribution in [-0.4, -0.2) is 38.6 Å². The third kappa shape index (κ3) is 4.28. The van der Waals surface area contributed by atoms with E-state index in [0.29, 0.717) is 0 Å². The molecule has 0 atom stereocenters. The van der Waals surface area contributed by atoms with Gasteiger partial charge in [-0.15, -0.1) is 0 Å². The van der Waals surface area contributed by atoms with E-state index < -0.39 is 0 Å². The van der Waals surface area contributed by atoms with Crippen molar-refractivity contribution >= 4 is 17.4 Å². The van der Waals surface area contributed by atoms with Crippen LogP contribution in [0.2, 0.25) is 0 Å². The van der Waals surface area contributed by atoms with Crippen molar-refractivity contribution in [1.82, 2.24) is 4.90 Å². The number of anilines is 2. The first-order valence-electron chi connectivity index (χ1n) is 6.34. The highest BCUT2D eigenvalue weighted by Crippen LogP contribution is 2.15. The largest absolute Gasteiger partial charge is 0.378 e. The average molecular weight is 249 g/mol. The van der Waals surface area contributed by atoms with Crippen molar-refractivity contribution in [3.8, 4) is 0 Å². The second-order valence-corrected chi connectivity index (χ2v) is 4.65. The Kier molecular flexibility index (Phi) is 5.49. The zero-order valence-corrected chi connectivity index (χ0v) is 11.7. The lowest BCUT2D eigenvalue weighted by molar-refractivity contribution is 0.222. The topological polar surface area (TPSA) is 35.6 Å². The molecule has 0 aromatic heterocycles. The van der Waals surface area contributed by atoms with Crippen LogP contribution in [0.5, 0.6) is 0 Å². The van der Waals surface area contributed by atoms with Crippen molar-refractivity contribution in [3.05, 3.63) is 24.3 Å². The maximum absolute atomic E-state index is 11.8. The molecule has 1 N–H and O–H groups in total. The Labute approximate surface area is 110 Å². The highest BCUT2D eigenvalue weighted by Gasteiger charge is 2.07. The zero-order valence-electron chi connectivity index (χ0n) is 11.7. The maximum atomic E-state index is 11.8. The van der Waals surface area contributed by atoms with Gasteiger partial charge in [-0.25, -0.2) is 4.79 Å². The maximum Gasteiger partial charge on any atom is 0.321 e. The van der Waals surface area contributed by atoms with Crippen LogP contribution in [0.3, 0.4) is 0 Å². The summed E-state index contributed by atoms with van der Waals surface area (Å²) in [4.78, 5) is 15.6. The monoisotopic (exact) mass is 249 g/mol. The number of urea groups is 1. The van der Waals surface area contributed by atoms with Gasteiger partial charge in [0.15, 0.2) is 0 Å². The summed E-state index contributed by atoms with van der Waals surface area (Å²) in [6.45, 7) is 2.91. The molecule has 100 valence electrons. The molecule has 0 bridgehead atoms. The van der Waals surface area contributed by atoms with Crippen LogP contribution in [0.4, 0.5) is 16.2 Å². The van der Waals surface area contributed by atoms with Crippen LogP contribution in [0.25, 0.3) is 0 Å². The van der Waals surface area contributed by atoms with Gasteiger partial charge in [-0.2, -0.15) is 0 Å². The van der Waals surface area contributed by atoms with Crippen LogP contribution in [0.15, 0.2) is 24.3 Å². The van der Waals surface area contributed by atoms with Crippen molar-refractivity contribution in [2.75, 3.05) is 37.9 Å². The number of carbonyl (C=O) groups is 1. The van der Waals surface area contributed by atoms with Gasteiger partial charge in [0.2, 0.25) is 0 Å². The van der Waals surface area contributed by atoms with E-state index in [9.17, 15) is 4.79 Å². The molecule has 1 aromatic rings. The Morgan fingerprint density at radius 3 is 2.28 bits per heavy atom. The van der Waals surface area contributed by atoms with E-state index in [1.165, 1.54) is 0 Å². The SMILES string of the molecule is CCCCN(C)C(=O)Nc1ccc(N(C)C)cc1. The summed E-state index contributed by atoms with van der Waals surface area (Å²) < 4.78 is 0. The van der Waals surface area contributed by atoms with Crippen LogP contribution in [0, 0.1) is 0 Å². The second-order valence-electron chi connectivity index (χ2n) is 4.65. The molecule has 18 heavy (non-hydrogen) atoms. The minimum Gasteiger partial charge on any atom is -0.378 e. The van der Waals surface area contributed by atoms with Crippen molar-refractivity contribution in [3.63, 3.8) is 0 Å². The predicted octanol–water partition coefficient (Wildman–Crippen LogP) is 3.02. The van der Waals surface area contributed by atoms with Crippen molar-refractivity contribution < 1.29 is 4.79 Å². The predicted molar refractivity (Wildman–Crippen MR) is 77.3 cm³/mol. The molecule has 0 aliphatic carbocycles. The van der Waals surface area contributed by atoms with Crippen LogP contribution in [0.1, 0.15) is 19.8 Å². The van der Waals surface area contributed by atoms with Gasteiger partial charge in [-0.3, -0.25) is 0 Å². The number of rotatable bonds is 5. The Morgan fingerprint density at radius 1 is 1.17 bits per heavy atom. The first-order chi connectivity index (χ1) is 8.54. The molecule has 0 spiro atoms. The van der Waals surface area contributed by atoms with Gasteiger partial charge in [0.1, 0.15) is 0 Å². The summed E-state index contributed by atoms with van der Waals surface area (Å²) >= 11 is 0. The standard InChI is InChI=1S/C14H23N3O/c1-5-6-11-17(4)14(18)15-12-7-9-13(10-8-12)16(2)3/h7-10H,5-6,11H2,1-4H3,(H,15,18). The summed E-state index contributed by atoms with van der Waals surface area (Å²) in [7, 11) is 5.80. The molecule has 1 aromatic carbocycles. The van der Waals surface area contributed by atoms with Gasteiger partial charge >= 0.3 is 6.03 Å². The lowest BCUT2D eigenvalue weighted by atomic mass is 10.2. The molecule has 0 heterocycles. The van der Waals surface area contributed by atoms with Gasteiger partial charge < -0.3 is 15.1 Å². The third-order valence-corrected chi connectivity index (χ3v) is 2.83. The summed E-state index contributed by atoms with van der Waals surface area (Å²) in [5, 5.41) is 2.89. The number of carbonyl (C=O) groups excluding carboxylic acids is 1. The first-order valence-corrected chi connectivity index (χ1v) is 6.34. The average Bonchev–Trinajstić information content (AvgIpc) is 2.36. The number of hydrogen-bond donors (Lipinski definition) is 1. The van der Waals surface area contributed by atoms with Crippen LogP contribution in [-0.2, 0) is 0 Å². The van der Waals surface area contributed by atoms with E-state index in [2.05, 4.69) is 12.2 Å². The number of nitrogens with zero attached hydrogens (tertiary/aromatic N) is 2. The van der Waals surface area contributed by atoms with E-state index >= 15 is 0 Å². The van der Waals surface area contributed by atoms with E-state index in [0.717, 1.165) is 30.8 Å². The Balaban J connectivity index is 2.53. The first kappa shape index (κ1) is 14.4. The quantitative estimate of drug-likeness (QED) is 0.870. The van der Waals surface area contributed by atoms with Crippen molar-refractivity contribution in [2.24, 2.45) is 0 Å². The molecule has 0 unspecified atom stereocenters. The Hall–Kier alpha value is -1.71. The van der Waals surface area contributed by atoms with Gasteiger partial charge in [-0.05, 0) is 30.7 Å². The summed E-state index contributed by atoms with van der Waals surface area (Å²) in [5.74, 6) is 0. The van der Waals surface area contributed by atoms with E-state index in [1.54, 1.807) is 4.90 Å². The fourth-order valence-corrected chi connectivity index (χ4v) is 1.56.